The minimum atomic E-state index is -1.16. The zero-order valence-electron chi connectivity index (χ0n) is 41.8. The largest absolute Gasteiger partial charge is 0.361 e. The van der Waals surface area contributed by atoms with E-state index in [-0.39, 0.29) is 53.9 Å². The van der Waals surface area contributed by atoms with Crippen LogP contribution in [0.2, 0.25) is 0 Å². The van der Waals surface area contributed by atoms with Crippen molar-refractivity contribution in [1.29, 1.82) is 0 Å². The second-order valence-electron chi connectivity index (χ2n) is 20.5. The molecule has 4 aromatic carbocycles. The van der Waals surface area contributed by atoms with Crippen LogP contribution < -0.4 is 10.6 Å². The first kappa shape index (κ1) is 49.8. The smallest absolute Gasteiger partial charge is 0.230 e. The molecule has 0 radical (unpaired) electrons. The molecule has 5 heterocycles. The predicted molar refractivity (Wildman–Crippen MR) is 284 cm³/mol. The highest BCUT2D eigenvalue weighted by molar-refractivity contribution is 7.10. The summed E-state index contributed by atoms with van der Waals surface area (Å²) in [6, 6.07) is 36.8. The molecule has 4 N–H and O–H groups in total. The Morgan fingerprint density at radius 2 is 1.41 bits per heavy atom. The van der Waals surface area contributed by atoms with Crippen molar-refractivity contribution in [2.24, 2.45) is 0 Å². The third-order valence-electron chi connectivity index (χ3n) is 16.1. The fourth-order valence-electron chi connectivity index (χ4n) is 11.8. The molecule has 372 valence electrons. The lowest BCUT2D eigenvalue weighted by Crippen LogP contribution is -2.52. The summed E-state index contributed by atoms with van der Waals surface area (Å²) in [4.78, 5) is 61.3. The number of carbonyl (C=O) groups excluding carboxylic acids is 3. The summed E-state index contributed by atoms with van der Waals surface area (Å²) >= 11 is 1.76. The quantitative estimate of drug-likeness (QED) is 0.0681. The topological polar surface area (TPSA) is 120 Å². The highest BCUT2D eigenvalue weighted by atomic mass is 32.1. The number of carbonyl (C=O) groups is 3. The van der Waals surface area contributed by atoms with E-state index in [1.165, 1.54) is 22.6 Å². The Labute approximate surface area is 421 Å². The summed E-state index contributed by atoms with van der Waals surface area (Å²) in [7, 11) is 8.57. The third-order valence-corrected chi connectivity index (χ3v) is 17.2. The van der Waals surface area contributed by atoms with E-state index in [4.69, 9.17) is 0 Å². The minimum absolute atomic E-state index is 0.00339. The lowest BCUT2D eigenvalue weighted by Gasteiger charge is -2.46. The normalized spacial score (nSPS) is 17.8. The van der Waals surface area contributed by atoms with Gasteiger partial charge in [-0.25, -0.2) is 4.39 Å². The van der Waals surface area contributed by atoms with Crippen LogP contribution in [0.25, 0.3) is 21.8 Å². The van der Waals surface area contributed by atoms with Gasteiger partial charge in [-0.1, -0.05) is 84.9 Å². The molecule has 2 aliphatic rings. The number of thiophene rings is 1. The van der Waals surface area contributed by atoms with Gasteiger partial charge in [0, 0.05) is 90.3 Å². The molecule has 71 heavy (non-hydrogen) atoms. The molecular weight excluding hydrogens is 908 g/mol. The van der Waals surface area contributed by atoms with Gasteiger partial charge in [-0.2, -0.15) is 0 Å². The van der Waals surface area contributed by atoms with Crippen LogP contribution >= 0.6 is 11.3 Å². The molecule has 0 aliphatic carbocycles. The second kappa shape index (κ2) is 21.3. The van der Waals surface area contributed by atoms with E-state index in [2.05, 4.69) is 111 Å². The van der Waals surface area contributed by atoms with E-state index >= 15 is 4.79 Å². The van der Waals surface area contributed by atoms with E-state index in [0.29, 0.717) is 31.7 Å². The Kier molecular flexibility index (Phi) is 15.0. The lowest BCUT2D eigenvalue weighted by atomic mass is 9.72. The number of halogens is 1. The van der Waals surface area contributed by atoms with Crippen molar-refractivity contribution in [3.63, 3.8) is 0 Å². The number of likely N-dealkylation sites (tertiary alicyclic amines) is 2. The molecule has 7 aromatic rings. The number of piperidine rings is 2. The Balaban J connectivity index is 0.958. The van der Waals surface area contributed by atoms with Crippen LogP contribution in [0, 0.1) is 5.82 Å². The molecule has 13 heteroatoms. The Morgan fingerprint density at radius 1 is 0.746 bits per heavy atom. The first-order valence-corrected chi connectivity index (χ1v) is 26.1. The molecule has 3 amide bonds. The van der Waals surface area contributed by atoms with Gasteiger partial charge in [-0.15, -0.1) is 11.3 Å². The van der Waals surface area contributed by atoms with Gasteiger partial charge in [0.2, 0.25) is 17.7 Å². The first-order valence-electron chi connectivity index (χ1n) is 25.2. The summed E-state index contributed by atoms with van der Waals surface area (Å²) < 4.78 is 14.7. The summed E-state index contributed by atoms with van der Waals surface area (Å²) in [5.41, 5.74) is 4.03. The number of aromatic nitrogens is 2. The number of nitrogens with one attached hydrogen (secondary N) is 4. The molecule has 3 aromatic heterocycles. The number of nitrogens with zero attached hydrogens (tertiary/aromatic N) is 4. The van der Waals surface area contributed by atoms with Crippen molar-refractivity contribution in [3.05, 3.63) is 166 Å². The van der Waals surface area contributed by atoms with Gasteiger partial charge >= 0.3 is 0 Å². The van der Waals surface area contributed by atoms with E-state index in [9.17, 15) is 14.0 Å². The third kappa shape index (κ3) is 10.3. The molecule has 3 unspecified atom stereocenters. The number of fused-ring (bicyclic) bond motifs is 2. The van der Waals surface area contributed by atoms with Gasteiger partial charge in [0.15, 0.2) is 0 Å². The molecule has 0 saturated carbocycles. The summed E-state index contributed by atoms with van der Waals surface area (Å²) in [6.45, 7) is 6.12. The first-order chi connectivity index (χ1) is 34.3. The number of rotatable bonds is 18. The van der Waals surface area contributed by atoms with Crippen LogP contribution in [-0.4, -0.2) is 115 Å². The number of benzene rings is 4. The average Bonchev–Trinajstić information content (AvgIpc) is 4.18. The van der Waals surface area contributed by atoms with Gasteiger partial charge in [-0.05, 0) is 131 Å². The molecule has 2 fully saturated rings. The van der Waals surface area contributed by atoms with Crippen LogP contribution in [0.5, 0.6) is 0 Å². The molecule has 0 spiro atoms. The summed E-state index contributed by atoms with van der Waals surface area (Å²) in [5.74, 6) is -1.20. The van der Waals surface area contributed by atoms with Crippen molar-refractivity contribution in [2.45, 2.75) is 80.3 Å². The fourth-order valence-corrected chi connectivity index (χ4v) is 12.9. The highest BCUT2D eigenvalue weighted by Crippen LogP contribution is 2.44. The minimum Gasteiger partial charge on any atom is -0.361 e. The fraction of sp³-hybridized carbons (Fsp3) is 0.397. The molecular formula is C58H69FN8O3S. The second-order valence-corrected chi connectivity index (χ2v) is 21.5. The van der Waals surface area contributed by atoms with Gasteiger partial charge in [0.1, 0.15) is 5.82 Å². The van der Waals surface area contributed by atoms with E-state index in [1.54, 1.807) is 17.4 Å². The van der Waals surface area contributed by atoms with Gasteiger partial charge in [-0.3, -0.25) is 24.2 Å². The highest BCUT2D eigenvalue weighted by Gasteiger charge is 2.43. The number of H-pyrrole nitrogens is 2. The zero-order chi connectivity index (χ0) is 49.8. The van der Waals surface area contributed by atoms with Crippen LogP contribution in [0.15, 0.2) is 133 Å². The van der Waals surface area contributed by atoms with Crippen molar-refractivity contribution in [3.8, 4) is 0 Å². The standard InChI is InChI=1S/C58H69FN8O3S/c1-56(48-40-62-51-36-44(59)22-23-46(48)51,55(70)60-28-33-66-29-24-57(25-30-66,64(2)3)43-17-10-7-11-18-43)38-42(47-39-61-49-20-13-12-19-45(47)49)35-53(68)63-50(41-15-8-6-9-16-41)37-54(69)67-31-26-58(27-32-67,65(4)5)52-21-14-34-71-52/h6-23,34,36,39-40,42,50,61-62H,24-33,35,37-38H2,1-5H3,(H,60,70)(H,63,68). The number of aromatic amines is 2. The number of hydrogen-bond acceptors (Lipinski definition) is 7. The van der Waals surface area contributed by atoms with Crippen molar-refractivity contribution < 1.29 is 18.8 Å². The van der Waals surface area contributed by atoms with E-state index in [0.717, 1.165) is 71.8 Å². The van der Waals surface area contributed by atoms with Crippen molar-refractivity contribution in [1.82, 2.24) is 40.2 Å². The molecule has 0 bridgehead atoms. The molecule has 3 atom stereocenters. The van der Waals surface area contributed by atoms with Crippen LogP contribution in [0.1, 0.15) is 91.0 Å². The van der Waals surface area contributed by atoms with Gasteiger partial charge in [0.05, 0.1) is 23.4 Å². The Hall–Kier alpha value is -6.12. The summed E-state index contributed by atoms with van der Waals surface area (Å²) in [5, 5.41) is 10.5. The number of amides is 3. The number of para-hydroxylation sites is 1. The zero-order valence-corrected chi connectivity index (χ0v) is 42.7. The monoisotopic (exact) mass is 977 g/mol. The average molecular weight is 977 g/mol. The molecule has 2 aliphatic heterocycles. The molecule has 9 rings (SSSR count). The van der Waals surface area contributed by atoms with E-state index in [1.807, 2.05) is 78.8 Å². The lowest BCUT2D eigenvalue weighted by molar-refractivity contribution is -0.135. The molecule has 2 saturated heterocycles. The van der Waals surface area contributed by atoms with Gasteiger partial charge < -0.3 is 30.4 Å². The summed E-state index contributed by atoms with van der Waals surface area (Å²) in [6.07, 6.45) is 7.82. The van der Waals surface area contributed by atoms with E-state index < -0.39 is 17.4 Å². The number of hydrogen-bond donors (Lipinski definition) is 4. The van der Waals surface area contributed by atoms with Crippen LogP contribution in [-0.2, 0) is 30.9 Å². The van der Waals surface area contributed by atoms with Crippen LogP contribution in [0.4, 0.5) is 4.39 Å². The maximum atomic E-state index is 15.1. The Bertz CT molecular complexity index is 2900. The van der Waals surface area contributed by atoms with Crippen molar-refractivity contribution in [2.75, 3.05) is 67.5 Å². The molecule has 11 nitrogen and oxygen atoms in total. The van der Waals surface area contributed by atoms with Gasteiger partial charge in [0.25, 0.3) is 0 Å². The Morgan fingerprint density at radius 3 is 2.10 bits per heavy atom. The van der Waals surface area contributed by atoms with Crippen molar-refractivity contribution >= 4 is 50.9 Å². The predicted octanol–water partition coefficient (Wildman–Crippen LogP) is 9.67. The maximum absolute atomic E-state index is 15.1. The maximum Gasteiger partial charge on any atom is 0.230 e. The van der Waals surface area contributed by atoms with Crippen LogP contribution in [0.3, 0.4) is 0 Å². The SMILES string of the molecule is CN(C)C1(c2ccccc2)CCN(CCNC(=O)C(C)(CC(CC(=O)NC(CC(=O)N2CCC(c3cccs3)(N(C)C)CC2)c2ccccc2)c2c[nH]c3ccccc23)c2c[nH]c3cc(F)ccc23)CC1.